The van der Waals surface area contributed by atoms with Gasteiger partial charge in [-0.05, 0) is 70.7 Å². The van der Waals surface area contributed by atoms with E-state index in [4.69, 9.17) is 14.7 Å². The Morgan fingerprint density at radius 1 is 1.26 bits per heavy atom. The van der Waals surface area contributed by atoms with Crippen LogP contribution >= 0.6 is 22.6 Å². The number of ether oxygens (including phenoxy) is 1. The second-order valence-corrected chi connectivity index (χ2v) is 13.4. The van der Waals surface area contributed by atoms with Crippen molar-refractivity contribution < 1.29 is 23.1 Å². The molecule has 39 heavy (non-hydrogen) atoms. The fourth-order valence-corrected chi connectivity index (χ4v) is 8.08. The monoisotopic (exact) mass is 667 g/mol. The fraction of sp³-hybridized carbons (Fsp3) is 0.556. The third kappa shape index (κ3) is 6.23. The van der Waals surface area contributed by atoms with E-state index in [2.05, 4.69) is 45.0 Å². The van der Waals surface area contributed by atoms with Crippen LogP contribution in [0.1, 0.15) is 52.1 Å². The normalized spacial score (nSPS) is 24.8. The molecule has 1 saturated heterocycles. The van der Waals surface area contributed by atoms with Crippen LogP contribution in [0.5, 0.6) is 0 Å². The predicted octanol–water partition coefficient (Wildman–Crippen LogP) is 3.31. The van der Waals surface area contributed by atoms with Crippen molar-refractivity contribution in [1.82, 2.24) is 15.3 Å². The number of anilines is 2. The van der Waals surface area contributed by atoms with Gasteiger partial charge in [0.25, 0.3) is 0 Å². The van der Waals surface area contributed by atoms with E-state index in [0.717, 1.165) is 18.4 Å². The molecule has 2 heterocycles. The molecule has 10 nitrogen and oxygen atoms in total. The Hall–Kier alpha value is -2.29. The number of amides is 2. The van der Waals surface area contributed by atoms with Gasteiger partial charge in [0.1, 0.15) is 5.82 Å². The van der Waals surface area contributed by atoms with Crippen LogP contribution in [0.15, 0.2) is 30.3 Å². The number of morpholine rings is 1. The van der Waals surface area contributed by atoms with E-state index in [9.17, 15) is 18.3 Å². The molecule has 2 unspecified atom stereocenters. The van der Waals surface area contributed by atoms with Gasteiger partial charge >= 0.3 is 6.03 Å². The molecular formula is C27H34IN5O5S. The van der Waals surface area contributed by atoms with Crippen LogP contribution in [0.2, 0.25) is 0 Å². The molecule has 1 aromatic carbocycles. The van der Waals surface area contributed by atoms with Crippen molar-refractivity contribution >= 4 is 55.3 Å². The number of carbonyl (C=O) groups excluding carboxylic acids is 1. The van der Waals surface area contributed by atoms with E-state index >= 15 is 0 Å². The number of carbonyl (C=O) groups is 1. The largest absolute Gasteiger partial charge is 0.390 e. The third-order valence-corrected chi connectivity index (χ3v) is 10.5. The average Bonchev–Trinajstić information content (AvgIpc) is 3.79. The van der Waals surface area contributed by atoms with Crippen LogP contribution in [0.4, 0.5) is 16.3 Å². The van der Waals surface area contributed by atoms with Gasteiger partial charge in [-0.3, -0.25) is 0 Å². The zero-order valence-electron chi connectivity index (χ0n) is 22.3. The lowest BCUT2D eigenvalue weighted by Gasteiger charge is -2.35. The first-order valence-corrected chi connectivity index (χ1v) is 15.5. The molecule has 2 saturated carbocycles. The highest BCUT2D eigenvalue weighted by molar-refractivity contribution is 14.1. The summed E-state index contributed by atoms with van der Waals surface area (Å²) < 4.78 is 29.9. The first-order valence-electron chi connectivity index (χ1n) is 13.2. The minimum Gasteiger partial charge on any atom is -0.390 e. The van der Waals surface area contributed by atoms with Gasteiger partial charge in [0.05, 0.1) is 44.8 Å². The Kier molecular flexibility index (Phi) is 7.92. The van der Waals surface area contributed by atoms with Crippen molar-refractivity contribution in [2.75, 3.05) is 30.0 Å². The van der Waals surface area contributed by atoms with E-state index in [-0.39, 0.29) is 22.0 Å². The summed E-state index contributed by atoms with van der Waals surface area (Å²) in [4.78, 5) is 24.5. The van der Waals surface area contributed by atoms with Gasteiger partial charge in [-0.2, -0.15) is 8.42 Å². The van der Waals surface area contributed by atoms with Gasteiger partial charge in [0.2, 0.25) is 10.3 Å². The van der Waals surface area contributed by atoms with Crippen molar-refractivity contribution in [3.05, 3.63) is 36.0 Å². The van der Waals surface area contributed by atoms with Gasteiger partial charge in [-0.15, -0.1) is 0 Å². The Morgan fingerprint density at radius 2 is 1.97 bits per heavy atom. The first kappa shape index (κ1) is 28.2. The molecule has 2 amide bonds. The molecule has 210 valence electrons. The maximum absolute atomic E-state index is 12.3. The predicted molar refractivity (Wildman–Crippen MR) is 159 cm³/mol. The zero-order valence-corrected chi connectivity index (χ0v) is 25.3. The van der Waals surface area contributed by atoms with Crippen LogP contribution in [-0.4, -0.2) is 75.8 Å². The SMILES string of the molecule is C[C@H]1COCCN1c1cc(C2(CCC(C)(C)O)C(=S(=O)=O)C2I)nc(-c2ccc(NC(=O)NC3CC3)cc2)n1. The second kappa shape index (κ2) is 10.9. The maximum atomic E-state index is 12.3. The minimum atomic E-state index is -2.38. The van der Waals surface area contributed by atoms with Gasteiger partial charge in [0.15, 0.2) is 5.82 Å². The minimum absolute atomic E-state index is 0.0879. The number of rotatable bonds is 8. The lowest BCUT2D eigenvalue weighted by atomic mass is 9.90. The lowest BCUT2D eigenvalue weighted by Crippen LogP contribution is -2.44. The molecule has 3 aliphatic rings. The van der Waals surface area contributed by atoms with Crippen molar-refractivity contribution in [3.8, 4) is 11.4 Å². The van der Waals surface area contributed by atoms with Crippen molar-refractivity contribution in [2.45, 2.75) is 73.5 Å². The van der Waals surface area contributed by atoms with E-state index in [1.807, 2.05) is 18.2 Å². The molecule has 0 spiro atoms. The number of aliphatic hydroxyl groups is 1. The van der Waals surface area contributed by atoms with Gasteiger partial charge in [0, 0.05) is 29.9 Å². The fourth-order valence-electron chi connectivity index (χ4n) is 4.97. The summed E-state index contributed by atoms with van der Waals surface area (Å²) in [5, 5.41) is 16.2. The van der Waals surface area contributed by atoms with Crippen LogP contribution < -0.4 is 15.5 Å². The van der Waals surface area contributed by atoms with Gasteiger partial charge in [-0.25, -0.2) is 14.8 Å². The highest BCUT2D eigenvalue weighted by atomic mass is 127. The molecule has 3 fully saturated rings. The molecule has 3 N–H and O–H groups in total. The third-order valence-electron chi connectivity index (χ3n) is 7.48. The van der Waals surface area contributed by atoms with Gasteiger partial charge < -0.3 is 25.4 Å². The first-order chi connectivity index (χ1) is 18.5. The van der Waals surface area contributed by atoms with E-state index < -0.39 is 21.3 Å². The summed E-state index contributed by atoms with van der Waals surface area (Å²) in [5.41, 5.74) is 0.282. The lowest BCUT2D eigenvalue weighted by molar-refractivity contribution is 0.0664. The number of alkyl halides is 1. The quantitative estimate of drug-likeness (QED) is 0.222. The van der Waals surface area contributed by atoms with Crippen LogP contribution in [0, 0.1) is 0 Å². The molecule has 1 aliphatic heterocycles. The average molecular weight is 668 g/mol. The van der Waals surface area contributed by atoms with E-state index in [1.54, 1.807) is 26.0 Å². The topological polar surface area (TPSA) is 134 Å². The Bertz CT molecular complexity index is 1380. The molecule has 0 radical (unpaired) electrons. The molecule has 0 bridgehead atoms. The zero-order chi connectivity index (χ0) is 27.9. The Balaban J connectivity index is 1.54. The van der Waals surface area contributed by atoms with Crippen molar-refractivity contribution in [3.63, 3.8) is 0 Å². The highest BCUT2D eigenvalue weighted by Crippen LogP contribution is 2.54. The molecular weight excluding hydrogens is 633 g/mol. The molecule has 1 aromatic heterocycles. The number of halogens is 1. The summed E-state index contributed by atoms with van der Waals surface area (Å²) in [6.07, 6.45) is 2.89. The standard InChI is InChI=1S/C27H34IN5O5S/c1-16-15-38-13-12-33(16)21-14-20(27(11-10-26(2,3)35)22(28)23(27)39(36)37)31-24(32-21)17-4-6-18(7-5-17)29-25(34)30-19-8-9-19/h4-7,14,16,19,22,35H,8-13,15H2,1-3H3,(H2,29,30,34)/t16-,22?,27?/m0/s1. The summed E-state index contributed by atoms with van der Waals surface area (Å²) in [6, 6.07) is 9.35. The molecule has 2 aromatic rings. The molecule has 3 atom stereocenters. The van der Waals surface area contributed by atoms with Crippen molar-refractivity contribution in [2.24, 2.45) is 0 Å². The number of nitrogens with zero attached hydrogens (tertiary/aromatic N) is 3. The molecule has 5 rings (SSSR count). The van der Waals surface area contributed by atoms with Gasteiger partial charge in [-0.1, -0.05) is 22.6 Å². The summed E-state index contributed by atoms with van der Waals surface area (Å²) in [7, 11) is -2.38. The molecule has 2 aliphatic carbocycles. The second-order valence-electron chi connectivity index (χ2n) is 11.2. The summed E-state index contributed by atoms with van der Waals surface area (Å²) >= 11 is 2.17. The number of nitrogens with one attached hydrogen (secondary N) is 2. The Labute approximate surface area is 243 Å². The highest BCUT2D eigenvalue weighted by Gasteiger charge is 2.64. The Morgan fingerprint density at radius 3 is 2.56 bits per heavy atom. The number of hydrogen-bond acceptors (Lipinski definition) is 8. The number of urea groups is 1. The number of hydrogen-bond donors (Lipinski definition) is 3. The van der Waals surface area contributed by atoms with E-state index in [1.165, 1.54) is 0 Å². The summed E-state index contributed by atoms with van der Waals surface area (Å²) in [6.45, 7) is 7.32. The van der Waals surface area contributed by atoms with Crippen LogP contribution in [-0.2, 0) is 20.4 Å². The van der Waals surface area contributed by atoms with Crippen LogP contribution in [0.3, 0.4) is 0 Å². The smallest absolute Gasteiger partial charge is 0.319 e. The van der Waals surface area contributed by atoms with Crippen LogP contribution in [0.25, 0.3) is 11.4 Å². The summed E-state index contributed by atoms with van der Waals surface area (Å²) in [5.74, 6) is 1.19. The number of aromatic nitrogens is 2. The van der Waals surface area contributed by atoms with E-state index in [0.29, 0.717) is 60.5 Å². The number of benzene rings is 1. The molecule has 12 heteroatoms. The van der Waals surface area contributed by atoms with Crippen molar-refractivity contribution in [1.29, 1.82) is 0 Å². The maximum Gasteiger partial charge on any atom is 0.319 e.